The molecule has 0 bridgehead atoms. The Kier molecular flexibility index (Phi) is 3.71. The number of aromatic carboxylic acids is 1. The van der Waals surface area contributed by atoms with Crippen molar-refractivity contribution in [2.24, 2.45) is 0 Å². The molecule has 19 heavy (non-hydrogen) atoms. The Labute approximate surface area is 113 Å². The molecule has 2 amide bonds. The van der Waals surface area contributed by atoms with Crippen LogP contribution in [0.25, 0.3) is 0 Å². The third kappa shape index (κ3) is 3.03. The SMILES string of the molecule is O=C1CCC(C(=O)Nc2ccc(Cl)c(C(=O)O)c2)N1. The van der Waals surface area contributed by atoms with Gasteiger partial charge in [-0.05, 0) is 24.6 Å². The summed E-state index contributed by atoms with van der Waals surface area (Å²) in [5.41, 5.74) is 0.239. The molecule has 0 radical (unpaired) electrons. The van der Waals surface area contributed by atoms with E-state index in [2.05, 4.69) is 10.6 Å². The van der Waals surface area contributed by atoms with Crippen LogP contribution < -0.4 is 10.6 Å². The Balaban J connectivity index is 2.11. The van der Waals surface area contributed by atoms with E-state index in [4.69, 9.17) is 16.7 Å². The van der Waals surface area contributed by atoms with E-state index in [0.29, 0.717) is 18.5 Å². The molecule has 7 heteroatoms. The lowest BCUT2D eigenvalue weighted by Crippen LogP contribution is -2.37. The predicted molar refractivity (Wildman–Crippen MR) is 68.2 cm³/mol. The minimum Gasteiger partial charge on any atom is -0.478 e. The number of carboxylic acids is 1. The van der Waals surface area contributed by atoms with Crippen molar-refractivity contribution in [1.29, 1.82) is 0 Å². The monoisotopic (exact) mass is 282 g/mol. The van der Waals surface area contributed by atoms with Gasteiger partial charge in [-0.1, -0.05) is 11.6 Å². The van der Waals surface area contributed by atoms with Crippen LogP contribution in [-0.2, 0) is 9.59 Å². The van der Waals surface area contributed by atoms with Crippen molar-refractivity contribution in [1.82, 2.24) is 5.32 Å². The summed E-state index contributed by atoms with van der Waals surface area (Å²) in [7, 11) is 0. The van der Waals surface area contributed by atoms with E-state index in [0.717, 1.165) is 0 Å². The van der Waals surface area contributed by atoms with Crippen molar-refractivity contribution < 1.29 is 19.5 Å². The Morgan fingerprint density at radius 2 is 2.16 bits per heavy atom. The number of hydrogen-bond acceptors (Lipinski definition) is 3. The fraction of sp³-hybridized carbons (Fsp3) is 0.250. The van der Waals surface area contributed by atoms with Crippen molar-refractivity contribution >= 4 is 35.1 Å². The first kappa shape index (κ1) is 13.4. The van der Waals surface area contributed by atoms with Gasteiger partial charge in [-0.2, -0.15) is 0 Å². The minimum absolute atomic E-state index is 0.0880. The Bertz CT molecular complexity index is 559. The van der Waals surface area contributed by atoms with Crippen LogP contribution in [0.2, 0.25) is 5.02 Å². The maximum absolute atomic E-state index is 11.8. The molecule has 0 saturated carbocycles. The average molecular weight is 283 g/mol. The molecule has 100 valence electrons. The summed E-state index contributed by atoms with van der Waals surface area (Å²) in [5.74, 6) is -1.71. The van der Waals surface area contributed by atoms with E-state index >= 15 is 0 Å². The molecule has 1 aromatic carbocycles. The highest BCUT2D eigenvalue weighted by atomic mass is 35.5. The van der Waals surface area contributed by atoms with Gasteiger partial charge in [0.15, 0.2) is 0 Å². The number of hydrogen-bond donors (Lipinski definition) is 3. The zero-order chi connectivity index (χ0) is 14.0. The van der Waals surface area contributed by atoms with Gasteiger partial charge in [0.05, 0.1) is 10.6 Å². The number of anilines is 1. The number of halogens is 1. The smallest absolute Gasteiger partial charge is 0.337 e. The summed E-state index contributed by atoms with van der Waals surface area (Å²) in [4.78, 5) is 33.7. The first-order chi connectivity index (χ1) is 8.97. The van der Waals surface area contributed by atoms with Gasteiger partial charge in [0.1, 0.15) is 6.04 Å². The van der Waals surface area contributed by atoms with Crippen LogP contribution in [0.3, 0.4) is 0 Å². The van der Waals surface area contributed by atoms with Crippen LogP contribution in [0.1, 0.15) is 23.2 Å². The van der Waals surface area contributed by atoms with Gasteiger partial charge in [0.25, 0.3) is 0 Å². The molecule has 1 unspecified atom stereocenters. The first-order valence-corrected chi connectivity index (χ1v) is 5.98. The van der Waals surface area contributed by atoms with Gasteiger partial charge in [-0.3, -0.25) is 9.59 Å². The molecule has 1 atom stereocenters. The summed E-state index contributed by atoms with van der Waals surface area (Å²) >= 11 is 5.72. The number of amides is 2. The molecule has 1 aromatic rings. The van der Waals surface area contributed by atoms with Gasteiger partial charge < -0.3 is 15.7 Å². The summed E-state index contributed by atoms with van der Waals surface area (Å²) in [6.45, 7) is 0. The summed E-state index contributed by atoms with van der Waals surface area (Å²) < 4.78 is 0. The Morgan fingerprint density at radius 3 is 2.74 bits per heavy atom. The molecule has 0 spiro atoms. The highest BCUT2D eigenvalue weighted by molar-refractivity contribution is 6.33. The highest BCUT2D eigenvalue weighted by Crippen LogP contribution is 2.21. The number of carbonyl (C=O) groups excluding carboxylic acids is 2. The molecular formula is C12H11ClN2O4. The van der Waals surface area contributed by atoms with Crippen molar-refractivity contribution in [2.45, 2.75) is 18.9 Å². The van der Waals surface area contributed by atoms with E-state index in [1.165, 1.54) is 18.2 Å². The normalized spacial score (nSPS) is 17.9. The quantitative estimate of drug-likeness (QED) is 0.777. The zero-order valence-corrected chi connectivity index (χ0v) is 10.5. The molecule has 2 rings (SSSR count). The van der Waals surface area contributed by atoms with Crippen molar-refractivity contribution in [3.05, 3.63) is 28.8 Å². The lowest BCUT2D eigenvalue weighted by atomic mass is 10.1. The van der Waals surface area contributed by atoms with Crippen LogP contribution in [-0.4, -0.2) is 28.9 Å². The molecule has 1 heterocycles. The van der Waals surface area contributed by atoms with Gasteiger partial charge in [-0.15, -0.1) is 0 Å². The zero-order valence-electron chi connectivity index (χ0n) is 9.77. The van der Waals surface area contributed by atoms with Gasteiger partial charge in [0.2, 0.25) is 11.8 Å². The van der Waals surface area contributed by atoms with E-state index in [9.17, 15) is 14.4 Å². The Hall–Kier alpha value is -2.08. The molecule has 6 nitrogen and oxygen atoms in total. The fourth-order valence-electron chi connectivity index (χ4n) is 1.81. The maximum atomic E-state index is 11.8. The number of rotatable bonds is 3. The van der Waals surface area contributed by atoms with E-state index in [1.54, 1.807) is 0 Å². The largest absolute Gasteiger partial charge is 0.478 e. The van der Waals surface area contributed by atoms with Crippen molar-refractivity contribution in [3.8, 4) is 0 Å². The van der Waals surface area contributed by atoms with Crippen LogP contribution >= 0.6 is 11.6 Å². The standard InChI is InChI=1S/C12H11ClN2O4/c13-8-2-1-6(5-7(8)12(18)19)14-11(17)9-3-4-10(16)15-9/h1-2,5,9H,3-4H2,(H,14,17)(H,15,16)(H,18,19). The number of nitrogens with one attached hydrogen (secondary N) is 2. The second-order valence-electron chi connectivity index (χ2n) is 4.15. The maximum Gasteiger partial charge on any atom is 0.337 e. The summed E-state index contributed by atoms with van der Waals surface area (Å²) in [6.07, 6.45) is 0.753. The average Bonchev–Trinajstić information content (AvgIpc) is 2.78. The van der Waals surface area contributed by atoms with Gasteiger partial charge in [-0.25, -0.2) is 4.79 Å². The predicted octanol–water partition coefficient (Wildman–Crippen LogP) is 1.26. The van der Waals surface area contributed by atoms with Crippen molar-refractivity contribution in [2.75, 3.05) is 5.32 Å². The lowest BCUT2D eigenvalue weighted by molar-refractivity contribution is -0.122. The Morgan fingerprint density at radius 1 is 1.42 bits per heavy atom. The van der Waals surface area contributed by atoms with Gasteiger partial charge in [0, 0.05) is 12.1 Å². The number of carboxylic acid groups (broad SMARTS) is 1. The molecule has 0 aliphatic carbocycles. The van der Waals surface area contributed by atoms with Crippen LogP contribution in [0, 0.1) is 0 Å². The third-order valence-corrected chi connectivity index (χ3v) is 3.11. The molecule has 1 saturated heterocycles. The molecular weight excluding hydrogens is 272 g/mol. The lowest BCUT2D eigenvalue weighted by Gasteiger charge is -2.11. The second kappa shape index (κ2) is 5.27. The summed E-state index contributed by atoms with van der Waals surface area (Å²) in [6, 6.07) is 3.60. The first-order valence-electron chi connectivity index (χ1n) is 5.60. The second-order valence-corrected chi connectivity index (χ2v) is 4.56. The van der Waals surface area contributed by atoms with Gasteiger partial charge >= 0.3 is 5.97 Å². The molecule has 1 aliphatic heterocycles. The molecule has 3 N–H and O–H groups in total. The third-order valence-electron chi connectivity index (χ3n) is 2.78. The van der Waals surface area contributed by atoms with Crippen LogP contribution in [0.4, 0.5) is 5.69 Å². The van der Waals surface area contributed by atoms with E-state index in [1.807, 2.05) is 0 Å². The van der Waals surface area contributed by atoms with E-state index in [-0.39, 0.29) is 22.4 Å². The van der Waals surface area contributed by atoms with Crippen molar-refractivity contribution in [3.63, 3.8) is 0 Å². The molecule has 1 fully saturated rings. The topological polar surface area (TPSA) is 95.5 Å². The van der Waals surface area contributed by atoms with E-state index < -0.39 is 12.0 Å². The van der Waals surface area contributed by atoms with Crippen LogP contribution in [0.5, 0.6) is 0 Å². The summed E-state index contributed by atoms with van der Waals surface area (Å²) in [5, 5.41) is 14.1. The molecule has 1 aliphatic rings. The minimum atomic E-state index is -1.17. The fourth-order valence-corrected chi connectivity index (χ4v) is 2.01. The van der Waals surface area contributed by atoms with Crippen LogP contribution in [0.15, 0.2) is 18.2 Å². The number of benzene rings is 1. The molecule has 0 aromatic heterocycles. The number of carbonyl (C=O) groups is 3. The highest BCUT2D eigenvalue weighted by Gasteiger charge is 2.27.